The number of nitrogens with zero attached hydrogens (tertiary/aromatic N) is 1. The van der Waals surface area contributed by atoms with Gasteiger partial charge in [-0.3, -0.25) is 4.90 Å². The monoisotopic (exact) mass is 318 g/mol. The van der Waals surface area contributed by atoms with E-state index in [9.17, 15) is 13.2 Å². The number of alkyl halides is 3. The standard InChI is InChI=1S/C15H21F3N2O2/c16-15(17,18)22-14-6-2-1-4-12(14)13(5-3-11-21)20-9-7-19-8-10-20/h1-2,4,6,13,19,21H,3,5,7-11H2/t13-/m0/s1. The molecule has 2 N–H and O–H groups in total. The Bertz CT molecular complexity index is 462. The average Bonchev–Trinajstić information content (AvgIpc) is 2.49. The van der Waals surface area contributed by atoms with Gasteiger partial charge in [-0.15, -0.1) is 13.2 Å². The summed E-state index contributed by atoms with van der Waals surface area (Å²) in [4.78, 5) is 2.14. The van der Waals surface area contributed by atoms with Crippen molar-refractivity contribution in [2.24, 2.45) is 0 Å². The molecule has 0 bridgehead atoms. The number of rotatable bonds is 6. The van der Waals surface area contributed by atoms with Crippen LogP contribution in [0.3, 0.4) is 0 Å². The second-order valence-electron chi connectivity index (χ2n) is 5.25. The second-order valence-corrected chi connectivity index (χ2v) is 5.25. The topological polar surface area (TPSA) is 44.7 Å². The zero-order valence-electron chi connectivity index (χ0n) is 12.3. The lowest BCUT2D eigenvalue weighted by molar-refractivity contribution is -0.275. The van der Waals surface area contributed by atoms with Crippen LogP contribution < -0.4 is 10.1 Å². The average molecular weight is 318 g/mol. The first-order valence-electron chi connectivity index (χ1n) is 7.41. The van der Waals surface area contributed by atoms with Gasteiger partial charge in [0.1, 0.15) is 5.75 Å². The summed E-state index contributed by atoms with van der Waals surface area (Å²) in [6.45, 7) is 3.15. The highest BCUT2D eigenvalue weighted by atomic mass is 19.4. The highest BCUT2D eigenvalue weighted by Gasteiger charge is 2.33. The summed E-state index contributed by atoms with van der Waals surface area (Å²) in [6.07, 6.45) is -3.58. The molecule has 0 spiro atoms. The van der Waals surface area contributed by atoms with E-state index in [-0.39, 0.29) is 18.4 Å². The molecule has 1 aliphatic rings. The van der Waals surface area contributed by atoms with Gasteiger partial charge in [0.15, 0.2) is 0 Å². The summed E-state index contributed by atoms with van der Waals surface area (Å²) in [5.41, 5.74) is 0.523. The lowest BCUT2D eigenvalue weighted by Crippen LogP contribution is -2.45. The van der Waals surface area contributed by atoms with Gasteiger partial charge in [0.25, 0.3) is 0 Å². The Morgan fingerprint density at radius 2 is 1.91 bits per heavy atom. The molecule has 1 saturated heterocycles. The van der Waals surface area contributed by atoms with Crippen molar-refractivity contribution in [1.29, 1.82) is 0 Å². The Labute approximate surface area is 127 Å². The van der Waals surface area contributed by atoms with Gasteiger partial charge in [0, 0.05) is 44.4 Å². The van der Waals surface area contributed by atoms with Gasteiger partial charge in [-0.05, 0) is 18.9 Å². The zero-order valence-corrected chi connectivity index (χ0v) is 12.3. The molecule has 1 fully saturated rings. The highest BCUT2D eigenvalue weighted by Crippen LogP contribution is 2.35. The Morgan fingerprint density at radius 3 is 2.55 bits per heavy atom. The third-order valence-electron chi connectivity index (χ3n) is 3.73. The highest BCUT2D eigenvalue weighted by molar-refractivity contribution is 5.36. The van der Waals surface area contributed by atoms with Crippen LogP contribution in [0, 0.1) is 0 Å². The fourth-order valence-corrected chi connectivity index (χ4v) is 2.79. The lowest BCUT2D eigenvalue weighted by Gasteiger charge is -2.36. The maximum Gasteiger partial charge on any atom is 0.573 e. The van der Waals surface area contributed by atoms with Crippen LogP contribution >= 0.6 is 0 Å². The van der Waals surface area contributed by atoms with Crippen LogP contribution in [-0.4, -0.2) is 49.2 Å². The third-order valence-corrected chi connectivity index (χ3v) is 3.73. The Balaban J connectivity index is 2.25. The Hall–Kier alpha value is -1.31. The number of hydrogen-bond acceptors (Lipinski definition) is 4. The minimum atomic E-state index is -4.71. The largest absolute Gasteiger partial charge is 0.573 e. The van der Waals surface area contributed by atoms with Crippen LogP contribution in [0.2, 0.25) is 0 Å². The van der Waals surface area contributed by atoms with Crippen LogP contribution in [0.15, 0.2) is 24.3 Å². The van der Waals surface area contributed by atoms with E-state index >= 15 is 0 Å². The minimum absolute atomic E-state index is 0.0187. The van der Waals surface area contributed by atoms with E-state index in [1.165, 1.54) is 12.1 Å². The number of aliphatic hydroxyl groups excluding tert-OH is 1. The van der Waals surface area contributed by atoms with Gasteiger partial charge in [-0.1, -0.05) is 18.2 Å². The van der Waals surface area contributed by atoms with E-state index in [0.717, 1.165) is 26.2 Å². The molecule has 0 unspecified atom stereocenters. The predicted octanol–water partition coefficient (Wildman–Crippen LogP) is 2.30. The summed E-state index contributed by atoms with van der Waals surface area (Å²) in [7, 11) is 0. The number of benzene rings is 1. The van der Waals surface area contributed by atoms with Crippen molar-refractivity contribution in [3.05, 3.63) is 29.8 Å². The van der Waals surface area contributed by atoms with Crippen molar-refractivity contribution in [3.63, 3.8) is 0 Å². The molecular formula is C15H21F3N2O2. The first-order chi connectivity index (χ1) is 10.5. The fraction of sp³-hybridized carbons (Fsp3) is 0.600. The van der Waals surface area contributed by atoms with Crippen molar-refractivity contribution in [3.8, 4) is 5.75 Å². The van der Waals surface area contributed by atoms with Gasteiger partial charge < -0.3 is 15.2 Å². The first kappa shape index (κ1) is 17.1. The Morgan fingerprint density at radius 1 is 1.23 bits per heavy atom. The van der Waals surface area contributed by atoms with Crippen LogP contribution in [-0.2, 0) is 0 Å². The van der Waals surface area contributed by atoms with E-state index in [0.29, 0.717) is 18.4 Å². The zero-order chi connectivity index (χ0) is 16.0. The predicted molar refractivity (Wildman–Crippen MR) is 76.6 cm³/mol. The summed E-state index contributed by atoms with van der Waals surface area (Å²) >= 11 is 0. The molecule has 22 heavy (non-hydrogen) atoms. The molecular weight excluding hydrogens is 297 g/mol. The van der Waals surface area contributed by atoms with Crippen molar-refractivity contribution < 1.29 is 23.0 Å². The minimum Gasteiger partial charge on any atom is -0.405 e. The quantitative estimate of drug-likeness (QED) is 0.845. The van der Waals surface area contributed by atoms with Crippen molar-refractivity contribution in [2.45, 2.75) is 25.2 Å². The summed E-state index contributed by atoms with van der Waals surface area (Å²) in [6, 6.07) is 6.08. The summed E-state index contributed by atoms with van der Waals surface area (Å²) < 4.78 is 42.0. The smallest absolute Gasteiger partial charge is 0.405 e. The third kappa shape index (κ3) is 4.86. The molecule has 7 heteroatoms. The second kappa shape index (κ2) is 7.80. The number of para-hydroxylation sites is 1. The van der Waals surface area contributed by atoms with E-state index < -0.39 is 6.36 Å². The molecule has 4 nitrogen and oxygen atoms in total. The van der Waals surface area contributed by atoms with Gasteiger partial charge in [0.05, 0.1) is 0 Å². The van der Waals surface area contributed by atoms with Crippen molar-refractivity contribution in [2.75, 3.05) is 32.8 Å². The SMILES string of the molecule is OCCC[C@@H](c1ccccc1OC(F)(F)F)N1CCNCC1. The van der Waals surface area contributed by atoms with Crippen LogP contribution in [0.25, 0.3) is 0 Å². The summed E-state index contributed by atoms with van der Waals surface area (Å²) in [5.74, 6) is -0.156. The number of piperazine rings is 1. The van der Waals surface area contributed by atoms with E-state index in [1.807, 2.05) is 0 Å². The van der Waals surface area contributed by atoms with Gasteiger partial charge in [-0.2, -0.15) is 0 Å². The number of nitrogens with one attached hydrogen (secondary N) is 1. The van der Waals surface area contributed by atoms with Crippen LogP contribution in [0.5, 0.6) is 5.75 Å². The van der Waals surface area contributed by atoms with Crippen molar-refractivity contribution >= 4 is 0 Å². The number of halogens is 3. The van der Waals surface area contributed by atoms with Gasteiger partial charge in [-0.25, -0.2) is 0 Å². The molecule has 0 radical (unpaired) electrons. The normalized spacial score (nSPS) is 18.2. The number of hydrogen-bond donors (Lipinski definition) is 2. The van der Waals surface area contributed by atoms with E-state index in [4.69, 9.17) is 5.11 Å². The molecule has 1 aliphatic heterocycles. The molecule has 124 valence electrons. The van der Waals surface area contributed by atoms with Gasteiger partial charge >= 0.3 is 6.36 Å². The lowest BCUT2D eigenvalue weighted by atomic mass is 9.98. The molecule has 0 amide bonds. The summed E-state index contributed by atoms with van der Waals surface area (Å²) in [5, 5.41) is 12.3. The van der Waals surface area contributed by atoms with E-state index in [2.05, 4.69) is 15.0 Å². The first-order valence-corrected chi connectivity index (χ1v) is 7.41. The maximum absolute atomic E-state index is 12.6. The van der Waals surface area contributed by atoms with E-state index in [1.54, 1.807) is 12.1 Å². The van der Waals surface area contributed by atoms with Crippen LogP contribution in [0.1, 0.15) is 24.4 Å². The Kier molecular flexibility index (Phi) is 6.05. The molecule has 0 saturated carbocycles. The van der Waals surface area contributed by atoms with Gasteiger partial charge in [0.2, 0.25) is 0 Å². The molecule has 1 heterocycles. The molecule has 1 atom stereocenters. The van der Waals surface area contributed by atoms with Crippen molar-refractivity contribution in [1.82, 2.24) is 10.2 Å². The molecule has 0 aromatic heterocycles. The number of ether oxygens (including phenoxy) is 1. The molecule has 0 aliphatic carbocycles. The number of aliphatic hydroxyl groups is 1. The van der Waals surface area contributed by atoms with Crippen LogP contribution in [0.4, 0.5) is 13.2 Å². The molecule has 1 aromatic carbocycles. The molecule has 2 rings (SSSR count). The molecule has 1 aromatic rings. The maximum atomic E-state index is 12.6. The fourth-order valence-electron chi connectivity index (χ4n) is 2.79.